The molecular weight excluding hydrogens is 433 g/mol. The minimum atomic E-state index is -1.07. The molecule has 172 valence electrons. The number of aliphatic hydroxyl groups is 2. The van der Waals surface area contributed by atoms with Crippen LogP contribution in [-0.2, 0) is 4.79 Å². The number of carbonyl (C=O) groups excluding carboxylic acids is 1. The summed E-state index contributed by atoms with van der Waals surface area (Å²) >= 11 is 0. The summed E-state index contributed by atoms with van der Waals surface area (Å²) in [5, 5.41) is 23.8. The van der Waals surface area contributed by atoms with Crippen LogP contribution in [0.3, 0.4) is 0 Å². The van der Waals surface area contributed by atoms with Crippen LogP contribution < -0.4 is 21.8 Å². The molecule has 1 saturated heterocycles. The molecule has 6 N–H and O–H groups in total. The second-order valence-electron chi connectivity index (χ2n) is 9.51. The average molecular weight is 457 g/mol. The Hall–Kier alpha value is -3.70. The summed E-state index contributed by atoms with van der Waals surface area (Å²) in [5.74, 6) is 0.708. The molecule has 4 atom stereocenters. The topological polar surface area (TPSA) is 156 Å². The van der Waals surface area contributed by atoms with Crippen molar-refractivity contribution in [1.29, 1.82) is 0 Å². The van der Waals surface area contributed by atoms with Gasteiger partial charge in [0.15, 0.2) is 0 Å². The highest BCUT2D eigenvalue weighted by Gasteiger charge is 2.58. The average Bonchev–Trinajstić information content (AvgIpc) is 3.45. The largest absolute Gasteiger partial charge is 0.390 e. The normalized spacial score (nSPS) is 26.9. The van der Waals surface area contributed by atoms with Gasteiger partial charge in [0, 0.05) is 30.3 Å². The number of hydrogen-bond acceptors (Lipinski definition) is 8. The van der Waals surface area contributed by atoms with Crippen LogP contribution in [0.25, 0.3) is 21.9 Å². The zero-order valence-corrected chi connectivity index (χ0v) is 18.6. The monoisotopic (exact) mass is 457 g/mol. The third kappa shape index (κ3) is 2.90. The minimum Gasteiger partial charge on any atom is -0.390 e. The van der Waals surface area contributed by atoms with Crippen LogP contribution >= 0.6 is 0 Å². The van der Waals surface area contributed by atoms with E-state index in [0.717, 1.165) is 10.8 Å². The van der Waals surface area contributed by atoms with E-state index in [1.807, 2.05) is 36.7 Å². The molecule has 1 spiro atoms. The summed E-state index contributed by atoms with van der Waals surface area (Å²) in [6, 6.07) is 8.96. The van der Waals surface area contributed by atoms with Crippen molar-refractivity contribution in [2.45, 2.75) is 31.1 Å². The lowest BCUT2D eigenvalue weighted by Crippen LogP contribution is -2.38. The number of nitrogens with zero attached hydrogens (tertiary/aromatic N) is 5. The lowest BCUT2D eigenvalue weighted by molar-refractivity contribution is -0.118. The van der Waals surface area contributed by atoms with Crippen LogP contribution in [0.15, 0.2) is 42.9 Å². The van der Waals surface area contributed by atoms with Gasteiger partial charge in [0.1, 0.15) is 37.6 Å². The van der Waals surface area contributed by atoms with Gasteiger partial charge in [-0.2, -0.15) is 0 Å². The van der Waals surface area contributed by atoms with Gasteiger partial charge in [0.2, 0.25) is 5.91 Å². The van der Waals surface area contributed by atoms with Crippen molar-refractivity contribution >= 4 is 58.5 Å². The van der Waals surface area contributed by atoms with Crippen LogP contribution in [0.1, 0.15) is 18.9 Å². The molecule has 6 rings (SSSR count). The van der Waals surface area contributed by atoms with Crippen LogP contribution in [0.4, 0.5) is 17.3 Å². The number of rotatable bonds is 2. The number of fused-ring (bicyclic) bond motifs is 2. The number of pyridine rings is 1. The van der Waals surface area contributed by atoms with Crippen LogP contribution in [0, 0.1) is 5.41 Å². The first-order chi connectivity index (χ1) is 16.3. The smallest absolute Gasteiger partial charge is 0.227 e. The fraction of sp³-hybridized carbons (Fsp3) is 0.304. The Labute approximate surface area is 195 Å². The predicted molar refractivity (Wildman–Crippen MR) is 131 cm³/mol. The van der Waals surface area contributed by atoms with Gasteiger partial charge in [-0.1, -0.05) is 12.1 Å². The van der Waals surface area contributed by atoms with Crippen LogP contribution in [0.2, 0.25) is 0 Å². The summed E-state index contributed by atoms with van der Waals surface area (Å²) in [6.07, 6.45) is 1.61. The number of benzene rings is 1. The summed E-state index contributed by atoms with van der Waals surface area (Å²) in [7, 11) is 1.90. The first-order valence-electron chi connectivity index (χ1n) is 11.2. The highest BCUT2D eigenvalue weighted by atomic mass is 16.3. The molecule has 2 aliphatic rings. The van der Waals surface area contributed by atoms with Crippen LogP contribution in [-0.4, -0.2) is 62.2 Å². The Balaban J connectivity index is 1.34. The lowest BCUT2D eigenvalue weighted by Gasteiger charge is -2.27. The molecular formula is C23H24BN7O3. The maximum Gasteiger partial charge on any atom is 0.227 e. The van der Waals surface area contributed by atoms with E-state index in [1.165, 1.54) is 6.33 Å². The summed E-state index contributed by atoms with van der Waals surface area (Å²) in [6.45, 7) is 0.295. The Kier molecular flexibility index (Phi) is 4.39. The van der Waals surface area contributed by atoms with Crippen molar-refractivity contribution in [2.75, 3.05) is 22.9 Å². The SMILES string of the molecule is Bc1cc2ccc(N3C[C@@]4(CC3=O)C[C@@H](n3ccc5c(N)ncnc53)[C@H](O)[C@@H]4O)cc2nc1N. The number of carbonyl (C=O) groups is 1. The van der Waals surface area contributed by atoms with E-state index < -0.39 is 23.7 Å². The standard InChI is InChI=1S/C23H24BN7O3/c24-14-5-11-1-2-12(6-15(11)29-21(14)26)31-9-23(8-17(31)32)7-16(18(33)19(23)34)30-4-3-13-20(25)27-10-28-22(13)30/h1-6,10,16,18-19,33-34H,7-9,24H2,(H2,26,29)(H2,25,27,28)/t16-,18+,19+,23+/m1/s1. The van der Waals surface area contributed by atoms with Crippen LogP contribution in [0.5, 0.6) is 0 Å². The van der Waals surface area contributed by atoms with Gasteiger partial charge in [0.25, 0.3) is 0 Å². The van der Waals surface area contributed by atoms with Crippen molar-refractivity contribution in [3.63, 3.8) is 0 Å². The first-order valence-corrected chi connectivity index (χ1v) is 11.2. The number of aromatic nitrogens is 4. The lowest BCUT2D eigenvalue weighted by atomic mass is 9.82. The van der Waals surface area contributed by atoms with Gasteiger partial charge in [-0.25, -0.2) is 15.0 Å². The van der Waals surface area contributed by atoms with Crippen molar-refractivity contribution in [3.8, 4) is 0 Å². The van der Waals surface area contributed by atoms with Gasteiger partial charge >= 0.3 is 0 Å². The molecule has 1 saturated carbocycles. The number of nitrogen functional groups attached to an aromatic ring is 2. The molecule has 3 aromatic heterocycles. The fourth-order valence-corrected chi connectivity index (χ4v) is 5.62. The number of nitrogens with two attached hydrogens (primary N) is 2. The van der Waals surface area contributed by atoms with Crippen molar-refractivity contribution in [2.24, 2.45) is 5.41 Å². The molecule has 1 aliphatic heterocycles. The van der Waals surface area contributed by atoms with Gasteiger partial charge in [-0.05, 0) is 35.5 Å². The molecule has 34 heavy (non-hydrogen) atoms. The molecule has 0 radical (unpaired) electrons. The zero-order valence-electron chi connectivity index (χ0n) is 18.6. The highest BCUT2D eigenvalue weighted by molar-refractivity contribution is 6.36. The van der Waals surface area contributed by atoms with E-state index in [2.05, 4.69) is 15.0 Å². The third-order valence-corrected chi connectivity index (χ3v) is 7.48. The molecule has 4 heterocycles. The molecule has 2 fully saturated rings. The third-order valence-electron chi connectivity index (χ3n) is 7.48. The number of anilines is 3. The summed E-state index contributed by atoms with van der Waals surface area (Å²) < 4.78 is 1.83. The maximum atomic E-state index is 13.1. The van der Waals surface area contributed by atoms with Gasteiger partial charge in [-0.15, -0.1) is 0 Å². The Morgan fingerprint density at radius 3 is 2.76 bits per heavy atom. The van der Waals surface area contributed by atoms with Gasteiger partial charge in [0.05, 0.1) is 23.0 Å². The van der Waals surface area contributed by atoms with E-state index in [1.54, 1.807) is 17.2 Å². The van der Waals surface area contributed by atoms with E-state index >= 15 is 0 Å². The van der Waals surface area contributed by atoms with E-state index in [4.69, 9.17) is 11.5 Å². The molecule has 11 heteroatoms. The predicted octanol–water partition coefficient (Wildman–Crippen LogP) is -0.508. The second-order valence-corrected chi connectivity index (χ2v) is 9.51. The first kappa shape index (κ1) is 20.9. The molecule has 1 aliphatic carbocycles. The van der Waals surface area contributed by atoms with Gasteiger partial charge < -0.3 is 31.1 Å². The number of hydrogen-bond donors (Lipinski definition) is 4. The molecule has 0 bridgehead atoms. The highest BCUT2D eigenvalue weighted by Crippen LogP contribution is 2.52. The minimum absolute atomic E-state index is 0.102. The van der Waals surface area contributed by atoms with E-state index in [-0.39, 0.29) is 12.3 Å². The quantitative estimate of drug-likeness (QED) is 0.293. The molecule has 4 aromatic rings. The molecule has 1 aromatic carbocycles. The second kappa shape index (κ2) is 7.15. The number of aliphatic hydroxyl groups excluding tert-OH is 2. The molecule has 10 nitrogen and oxygen atoms in total. The van der Waals surface area contributed by atoms with Crippen molar-refractivity contribution in [3.05, 3.63) is 42.9 Å². The van der Waals surface area contributed by atoms with Crippen molar-refractivity contribution < 1.29 is 15.0 Å². The fourth-order valence-electron chi connectivity index (χ4n) is 5.62. The zero-order chi connectivity index (χ0) is 23.8. The summed E-state index contributed by atoms with van der Waals surface area (Å²) in [4.78, 5) is 27.6. The molecule has 1 amide bonds. The van der Waals surface area contributed by atoms with E-state index in [0.29, 0.717) is 46.8 Å². The van der Waals surface area contributed by atoms with Crippen molar-refractivity contribution in [1.82, 2.24) is 19.5 Å². The summed E-state index contributed by atoms with van der Waals surface area (Å²) in [5.41, 5.74) is 14.1. The van der Waals surface area contributed by atoms with E-state index in [9.17, 15) is 15.0 Å². The Bertz CT molecular complexity index is 1470. The Morgan fingerprint density at radius 2 is 1.94 bits per heavy atom. The van der Waals surface area contributed by atoms with Gasteiger partial charge in [-0.3, -0.25) is 4.79 Å². The maximum absolute atomic E-state index is 13.1. The number of amides is 1. The molecule has 0 unspecified atom stereocenters. The Morgan fingerprint density at radius 1 is 1.12 bits per heavy atom.